The molecule has 9 heteroatoms. The molecule has 156 valence electrons. The van der Waals surface area contributed by atoms with Gasteiger partial charge in [0.25, 0.3) is 11.8 Å². The number of hydrogen-bond donors (Lipinski definition) is 1. The lowest BCUT2D eigenvalue weighted by Gasteiger charge is -2.28. The minimum Gasteiger partial charge on any atom is -0.486 e. The molecule has 31 heavy (non-hydrogen) atoms. The molecule has 0 spiro atoms. The van der Waals surface area contributed by atoms with E-state index < -0.39 is 11.8 Å². The van der Waals surface area contributed by atoms with E-state index in [1.165, 1.54) is 11.0 Å². The van der Waals surface area contributed by atoms with Gasteiger partial charge in [-0.25, -0.2) is 0 Å². The molecule has 1 saturated heterocycles. The summed E-state index contributed by atoms with van der Waals surface area (Å²) in [5.74, 6) is 0.110. The second-order valence-corrected chi connectivity index (χ2v) is 7.69. The minimum atomic E-state index is -0.560. The van der Waals surface area contributed by atoms with E-state index in [-0.39, 0.29) is 17.3 Å². The van der Waals surface area contributed by atoms with Crippen molar-refractivity contribution in [3.63, 3.8) is 0 Å². The van der Waals surface area contributed by atoms with Gasteiger partial charge >= 0.3 is 0 Å². The molecule has 2 aromatic carbocycles. The summed E-state index contributed by atoms with van der Waals surface area (Å²) >= 11 is 16.8. The summed E-state index contributed by atoms with van der Waals surface area (Å²) in [5.41, 5.74) is 1.12. The highest BCUT2D eigenvalue weighted by molar-refractivity contribution is 7.80. The Kier molecular flexibility index (Phi) is 6.08. The SMILES string of the molecule is O=C1NC(=S)N(c2ccc(Cl)cc2)C(=O)/C1=C/c1ccc(OCc2ccc(Cl)o2)cc1. The third kappa shape index (κ3) is 4.80. The van der Waals surface area contributed by atoms with Crippen LogP contribution in [0, 0.1) is 0 Å². The first-order chi connectivity index (χ1) is 14.9. The molecule has 0 radical (unpaired) electrons. The molecule has 1 fully saturated rings. The lowest BCUT2D eigenvalue weighted by atomic mass is 10.1. The molecule has 4 rings (SSSR count). The molecule has 1 aromatic heterocycles. The molecule has 2 amide bonds. The molecule has 2 heterocycles. The molecule has 0 aliphatic carbocycles. The highest BCUT2D eigenvalue weighted by Gasteiger charge is 2.34. The fraction of sp³-hybridized carbons (Fsp3) is 0.0455. The van der Waals surface area contributed by atoms with E-state index in [4.69, 9.17) is 44.6 Å². The van der Waals surface area contributed by atoms with Gasteiger partial charge in [0.2, 0.25) is 0 Å². The predicted octanol–water partition coefficient (Wildman–Crippen LogP) is 5.00. The number of benzene rings is 2. The average Bonchev–Trinajstić information content (AvgIpc) is 3.17. The van der Waals surface area contributed by atoms with Gasteiger partial charge in [0.05, 0.1) is 5.69 Å². The van der Waals surface area contributed by atoms with Gasteiger partial charge in [0.15, 0.2) is 10.3 Å². The Labute approximate surface area is 193 Å². The summed E-state index contributed by atoms with van der Waals surface area (Å²) in [6.45, 7) is 0.224. The van der Waals surface area contributed by atoms with Crippen LogP contribution < -0.4 is 15.0 Å². The van der Waals surface area contributed by atoms with Gasteiger partial charge in [-0.3, -0.25) is 19.8 Å². The van der Waals surface area contributed by atoms with Crippen LogP contribution in [0.25, 0.3) is 6.08 Å². The lowest BCUT2D eigenvalue weighted by Crippen LogP contribution is -2.54. The van der Waals surface area contributed by atoms with Crippen molar-refractivity contribution in [2.75, 3.05) is 4.90 Å². The van der Waals surface area contributed by atoms with Crippen molar-refractivity contribution >= 4 is 64.1 Å². The van der Waals surface area contributed by atoms with Gasteiger partial charge in [0, 0.05) is 5.02 Å². The van der Waals surface area contributed by atoms with Crippen LogP contribution in [0.4, 0.5) is 5.69 Å². The number of carbonyl (C=O) groups excluding carboxylic acids is 2. The van der Waals surface area contributed by atoms with E-state index in [1.54, 1.807) is 60.7 Å². The number of hydrogen-bond acceptors (Lipinski definition) is 5. The van der Waals surface area contributed by atoms with Crippen molar-refractivity contribution in [3.05, 3.63) is 87.8 Å². The van der Waals surface area contributed by atoms with Crippen LogP contribution in [0.1, 0.15) is 11.3 Å². The van der Waals surface area contributed by atoms with Crippen molar-refractivity contribution in [2.24, 2.45) is 0 Å². The summed E-state index contributed by atoms with van der Waals surface area (Å²) in [7, 11) is 0. The first-order valence-corrected chi connectivity index (χ1v) is 10.2. The Balaban J connectivity index is 1.52. The van der Waals surface area contributed by atoms with Crippen LogP contribution >= 0.6 is 35.4 Å². The molecular weight excluding hydrogens is 459 g/mol. The maximum atomic E-state index is 13.0. The standard InChI is InChI=1S/C22H14Cl2N2O4S/c23-14-3-5-15(6-4-14)26-21(28)18(20(27)25-22(26)31)11-13-1-7-16(8-2-13)29-12-17-9-10-19(24)30-17/h1-11H,12H2,(H,25,27,31)/b18-11+. The summed E-state index contributed by atoms with van der Waals surface area (Å²) < 4.78 is 10.9. The van der Waals surface area contributed by atoms with Crippen LogP contribution in [0.5, 0.6) is 5.75 Å². The van der Waals surface area contributed by atoms with E-state index in [2.05, 4.69) is 5.32 Å². The molecule has 1 aliphatic heterocycles. The number of furan rings is 1. The fourth-order valence-corrected chi connectivity index (χ4v) is 3.46. The number of thiocarbonyl (C=S) groups is 1. The summed E-state index contributed by atoms with van der Waals surface area (Å²) in [6.07, 6.45) is 1.50. The second-order valence-electron chi connectivity index (χ2n) is 6.50. The summed E-state index contributed by atoms with van der Waals surface area (Å²) in [4.78, 5) is 26.6. The molecule has 0 bridgehead atoms. The topological polar surface area (TPSA) is 71.8 Å². The first kappa shape index (κ1) is 21.1. The smallest absolute Gasteiger partial charge is 0.270 e. The largest absolute Gasteiger partial charge is 0.486 e. The van der Waals surface area contributed by atoms with E-state index in [0.717, 1.165) is 0 Å². The number of halogens is 2. The zero-order valence-electron chi connectivity index (χ0n) is 15.8. The summed E-state index contributed by atoms with van der Waals surface area (Å²) in [5, 5.41) is 3.37. The maximum absolute atomic E-state index is 13.0. The number of anilines is 1. The highest BCUT2D eigenvalue weighted by Crippen LogP contribution is 2.24. The molecular formula is C22H14Cl2N2O4S. The molecule has 1 N–H and O–H groups in total. The second kappa shape index (κ2) is 8.93. The van der Waals surface area contributed by atoms with Crippen molar-refractivity contribution in [1.82, 2.24) is 5.32 Å². The Morgan fingerprint density at radius 1 is 1.00 bits per heavy atom. The summed E-state index contributed by atoms with van der Waals surface area (Å²) in [6, 6.07) is 16.9. The quantitative estimate of drug-likeness (QED) is 0.321. The van der Waals surface area contributed by atoms with Crippen LogP contribution in [0.15, 0.2) is 70.7 Å². The lowest BCUT2D eigenvalue weighted by molar-refractivity contribution is -0.122. The highest BCUT2D eigenvalue weighted by atomic mass is 35.5. The zero-order chi connectivity index (χ0) is 22.0. The average molecular weight is 473 g/mol. The Morgan fingerprint density at radius 2 is 1.71 bits per heavy atom. The molecule has 6 nitrogen and oxygen atoms in total. The van der Waals surface area contributed by atoms with Crippen LogP contribution in [-0.2, 0) is 16.2 Å². The van der Waals surface area contributed by atoms with Gasteiger partial charge in [0.1, 0.15) is 23.7 Å². The van der Waals surface area contributed by atoms with E-state index in [9.17, 15) is 9.59 Å². The molecule has 0 unspecified atom stereocenters. The van der Waals surface area contributed by atoms with Gasteiger partial charge in [-0.05, 0) is 84.0 Å². The van der Waals surface area contributed by atoms with Crippen molar-refractivity contribution in [3.8, 4) is 5.75 Å². The maximum Gasteiger partial charge on any atom is 0.270 e. The third-order valence-corrected chi connectivity index (χ3v) is 5.13. The minimum absolute atomic E-state index is 0.0104. The molecule has 0 atom stereocenters. The molecule has 0 saturated carbocycles. The molecule has 1 aliphatic rings. The number of amides is 2. The fourth-order valence-electron chi connectivity index (χ4n) is 2.89. The van der Waals surface area contributed by atoms with Crippen LogP contribution in [0.2, 0.25) is 10.2 Å². The number of nitrogens with zero attached hydrogens (tertiary/aromatic N) is 1. The predicted molar refractivity (Wildman–Crippen MR) is 122 cm³/mol. The van der Waals surface area contributed by atoms with E-state index in [0.29, 0.717) is 33.0 Å². The van der Waals surface area contributed by atoms with Crippen molar-refractivity contribution in [2.45, 2.75) is 6.61 Å². The molecule has 3 aromatic rings. The van der Waals surface area contributed by atoms with Gasteiger partial charge < -0.3 is 9.15 Å². The van der Waals surface area contributed by atoms with E-state index >= 15 is 0 Å². The van der Waals surface area contributed by atoms with E-state index in [1.807, 2.05) is 0 Å². The Bertz CT molecular complexity index is 1190. The van der Waals surface area contributed by atoms with Crippen LogP contribution in [0.3, 0.4) is 0 Å². The number of ether oxygens (including phenoxy) is 1. The normalized spacial score (nSPS) is 15.4. The Hall–Kier alpha value is -3.13. The first-order valence-electron chi connectivity index (χ1n) is 9.05. The zero-order valence-corrected chi connectivity index (χ0v) is 18.1. The Morgan fingerprint density at radius 3 is 2.35 bits per heavy atom. The van der Waals surface area contributed by atoms with Gasteiger partial charge in [-0.15, -0.1) is 0 Å². The number of carbonyl (C=O) groups is 2. The third-order valence-electron chi connectivity index (χ3n) is 4.39. The number of rotatable bonds is 5. The van der Waals surface area contributed by atoms with Gasteiger partial charge in [-0.1, -0.05) is 23.7 Å². The van der Waals surface area contributed by atoms with Crippen LogP contribution in [-0.4, -0.2) is 16.9 Å². The number of nitrogens with one attached hydrogen (secondary N) is 1. The van der Waals surface area contributed by atoms with Crippen molar-refractivity contribution < 1.29 is 18.7 Å². The monoisotopic (exact) mass is 472 g/mol. The van der Waals surface area contributed by atoms with Crippen molar-refractivity contribution in [1.29, 1.82) is 0 Å². The van der Waals surface area contributed by atoms with Gasteiger partial charge in [-0.2, -0.15) is 0 Å².